The predicted octanol–water partition coefficient (Wildman–Crippen LogP) is -4.83. The average molecular weight is 384 g/mol. The third-order valence-corrected chi connectivity index (χ3v) is 4.24. The smallest absolute Gasteiger partial charge is 0.302 e. The Labute approximate surface area is 148 Å². The Balaban J connectivity index is 2.07. The predicted molar refractivity (Wildman–Crippen MR) is 78.2 cm³/mol. The summed E-state index contributed by atoms with van der Waals surface area (Å²) in [6, 6.07) is 0. The Morgan fingerprint density at radius 1 is 0.808 bits per heavy atom. The van der Waals surface area contributed by atoms with Crippen LogP contribution < -0.4 is 0 Å². The fourth-order valence-electron chi connectivity index (χ4n) is 2.68. The van der Waals surface area contributed by atoms with Crippen LogP contribution in [0.25, 0.3) is 0 Å². The summed E-state index contributed by atoms with van der Waals surface area (Å²) in [5, 5.41) is 68.3. The highest BCUT2D eigenvalue weighted by molar-refractivity contribution is 5.65. The first-order chi connectivity index (χ1) is 12.2. The number of carbonyl (C=O) groups excluding carboxylic acids is 1. The van der Waals surface area contributed by atoms with E-state index in [4.69, 9.17) is 24.1 Å². The molecule has 2 aliphatic heterocycles. The molecule has 0 amide bonds. The van der Waals surface area contributed by atoms with Gasteiger partial charge in [-0.3, -0.25) is 4.79 Å². The van der Waals surface area contributed by atoms with Crippen LogP contribution in [0.4, 0.5) is 0 Å². The van der Waals surface area contributed by atoms with Crippen molar-refractivity contribution in [2.45, 2.75) is 68.3 Å². The van der Waals surface area contributed by atoms with E-state index >= 15 is 0 Å². The number of hydrogen-bond donors (Lipinski definition) is 7. The van der Waals surface area contributed by atoms with Gasteiger partial charge in [0, 0.05) is 6.92 Å². The monoisotopic (exact) mass is 384 g/mol. The zero-order chi connectivity index (χ0) is 19.6. The Morgan fingerprint density at radius 2 is 1.27 bits per heavy atom. The zero-order valence-corrected chi connectivity index (χ0v) is 13.9. The summed E-state index contributed by atoms with van der Waals surface area (Å²) in [4.78, 5) is 10.9. The van der Waals surface area contributed by atoms with Gasteiger partial charge < -0.3 is 54.7 Å². The Hall–Kier alpha value is -0.930. The standard InChI is InChI=1S/C14H24O12/c1-4(16)23-3-6-8(18)10(20)12(22)14(25-6)26-13-11(21)9(19)7(17)5(2-15)24-13/h5-15,17-22H,2-3H2,1H3. The molecule has 0 saturated carbocycles. The zero-order valence-electron chi connectivity index (χ0n) is 13.9. The van der Waals surface area contributed by atoms with Gasteiger partial charge in [0.2, 0.25) is 0 Å². The Morgan fingerprint density at radius 3 is 1.73 bits per heavy atom. The molecule has 2 heterocycles. The summed E-state index contributed by atoms with van der Waals surface area (Å²) in [7, 11) is 0. The molecule has 0 radical (unpaired) electrons. The molecule has 0 aliphatic carbocycles. The van der Waals surface area contributed by atoms with Gasteiger partial charge in [-0.2, -0.15) is 0 Å². The summed E-state index contributed by atoms with van der Waals surface area (Å²) in [5.41, 5.74) is 0. The number of aliphatic hydroxyl groups excluding tert-OH is 7. The molecule has 0 aromatic carbocycles. The topological polar surface area (TPSA) is 196 Å². The lowest BCUT2D eigenvalue weighted by Crippen LogP contribution is -2.63. The molecule has 152 valence electrons. The van der Waals surface area contributed by atoms with Gasteiger partial charge in [-0.15, -0.1) is 0 Å². The number of rotatable bonds is 5. The molecule has 10 unspecified atom stereocenters. The molecule has 10 atom stereocenters. The molecule has 2 saturated heterocycles. The summed E-state index contributed by atoms with van der Waals surface area (Å²) >= 11 is 0. The molecular formula is C14H24O12. The van der Waals surface area contributed by atoms with E-state index in [1.807, 2.05) is 0 Å². The number of carbonyl (C=O) groups is 1. The quantitative estimate of drug-likeness (QED) is 0.224. The van der Waals surface area contributed by atoms with E-state index in [9.17, 15) is 35.4 Å². The summed E-state index contributed by atoms with van der Waals surface area (Å²) in [5.74, 6) is -0.659. The van der Waals surface area contributed by atoms with E-state index < -0.39 is 80.6 Å². The van der Waals surface area contributed by atoms with E-state index in [0.29, 0.717) is 0 Å². The van der Waals surface area contributed by atoms with Gasteiger partial charge in [0.25, 0.3) is 0 Å². The van der Waals surface area contributed by atoms with Crippen LogP contribution in [0.5, 0.6) is 0 Å². The maximum Gasteiger partial charge on any atom is 0.302 e. The second-order valence-corrected chi connectivity index (χ2v) is 6.15. The third-order valence-electron chi connectivity index (χ3n) is 4.24. The average Bonchev–Trinajstić information content (AvgIpc) is 2.61. The maximum atomic E-state index is 10.9. The number of esters is 1. The molecule has 2 fully saturated rings. The van der Waals surface area contributed by atoms with Gasteiger partial charge in [-0.1, -0.05) is 0 Å². The van der Waals surface area contributed by atoms with Crippen molar-refractivity contribution >= 4 is 5.97 Å². The molecule has 0 aromatic heterocycles. The normalized spacial score (nSPS) is 46.8. The fraction of sp³-hybridized carbons (Fsp3) is 0.929. The second kappa shape index (κ2) is 8.84. The van der Waals surface area contributed by atoms with Crippen molar-refractivity contribution in [2.75, 3.05) is 13.2 Å². The van der Waals surface area contributed by atoms with Crippen molar-refractivity contribution in [1.29, 1.82) is 0 Å². The van der Waals surface area contributed by atoms with Gasteiger partial charge in [0.05, 0.1) is 6.61 Å². The fourth-order valence-corrected chi connectivity index (χ4v) is 2.68. The highest BCUT2D eigenvalue weighted by atomic mass is 16.8. The highest BCUT2D eigenvalue weighted by Crippen LogP contribution is 2.28. The van der Waals surface area contributed by atoms with Crippen LogP contribution in [-0.2, 0) is 23.7 Å². The van der Waals surface area contributed by atoms with E-state index in [1.165, 1.54) is 0 Å². The second-order valence-electron chi connectivity index (χ2n) is 6.15. The molecular weight excluding hydrogens is 360 g/mol. The van der Waals surface area contributed by atoms with Crippen molar-refractivity contribution in [3.63, 3.8) is 0 Å². The van der Waals surface area contributed by atoms with Crippen molar-refractivity contribution in [2.24, 2.45) is 0 Å². The van der Waals surface area contributed by atoms with Crippen molar-refractivity contribution in [3.8, 4) is 0 Å². The van der Waals surface area contributed by atoms with Crippen LogP contribution in [0.1, 0.15) is 6.92 Å². The molecule has 2 rings (SSSR count). The molecule has 0 spiro atoms. The molecule has 12 nitrogen and oxygen atoms in total. The summed E-state index contributed by atoms with van der Waals surface area (Å²) in [6.07, 6.45) is -15.9. The van der Waals surface area contributed by atoms with E-state index in [-0.39, 0.29) is 0 Å². The molecule has 12 heteroatoms. The van der Waals surface area contributed by atoms with Crippen molar-refractivity contribution in [1.82, 2.24) is 0 Å². The lowest BCUT2D eigenvalue weighted by molar-refractivity contribution is -0.376. The van der Waals surface area contributed by atoms with E-state index in [2.05, 4.69) is 0 Å². The first-order valence-electron chi connectivity index (χ1n) is 7.96. The summed E-state index contributed by atoms with van der Waals surface area (Å²) < 4.78 is 20.3. The molecule has 0 bridgehead atoms. The number of hydrogen-bond acceptors (Lipinski definition) is 12. The summed E-state index contributed by atoms with van der Waals surface area (Å²) in [6.45, 7) is 0.00649. The van der Waals surface area contributed by atoms with Gasteiger partial charge >= 0.3 is 5.97 Å². The van der Waals surface area contributed by atoms with Gasteiger partial charge in [-0.05, 0) is 0 Å². The molecule has 2 aliphatic rings. The molecule has 26 heavy (non-hydrogen) atoms. The Kier molecular flexibility index (Phi) is 7.27. The Bertz CT molecular complexity index is 473. The SMILES string of the molecule is CC(=O)OCC1OC(OC2OC(CO)C(O)C(O)C2O)C(O)C(O)C1O. The van der Waals surface area contributed by atoms with E-state index in [0.717, 1.165) is 6.92 Å². The van der Waals surface area contributed by atoms with Crippen molar-refractivity contribution in [3.05, 3.63) is 0 Å². The first-order valence-corrected chi connectivity index (χ1v) is 7.96. The van der Waals surface area contributed by atoms with Crippen LogP contribution in [0, 0.1) is 0 Å². The van der Waals surface area contributed by atoms with Gasteiger partial charge in [-0.25, -0.2) is 0 Å². The van der Waals surface area contributed by atoms with Gasteiger partial charge in [0.1, 0.15) is 55.4 Å². The largest absolute Gasteiger partial charge is 0.463 e. The minimum Gasteiger partial charge on any atom is -0.463 e. The van der Waals surface area contributed by atoms with Crippen LogP contribution in [0.15, 0.2) is 0 Å². The third kappa shape index (κ3) is 4.48. The van der Waals surface area contributed by atoms with E-state index in [1.54, 1.807) is 0 Å². The molecule has 0 aromatic rings. The van der Waals surface area contributed by atoms with Crippen LogP contribution in [0.2, 0.25) is 0 Å². The lowest BCUT2D eigenvalue weighted by atomic mass is 9.98. The minimum absolute atomic E-state index is 0.436. The highest BCUT2D eigenvalue weighted by Gasteiger charge is 2.49. The van der Waals surface area contributed by atoms with Crippen LogP contribution in [0.3, 0.4) is 0 Å². The maximum absolute atomic E-state index is 10.9. The number of aliphatic hydroxyl groups is 7. The molecule has 7 N–H and O–H groups in total. The van der Waals surface area contributed by atoms with Crippen LogP contribution >= 0.6 is 0 Å². The van der Waals surface area contributed by atoms with Crippen molar-refractivity contribution < 1.29 is 59.5 Å². The van der Waals surface area contributed by atoms with Gasteiger partial charge in [0.15, 0.2) is 12.6 Å². The minimum atomic E-state index is -1.76. The number of ether oxygens (including phenoxy) is 4. The lowest BCUT2D eigenvalue weighted by Gasteiger charge is -2.44. The first kappa shape index (κ1) is 21.4. The van der Waals surface area contributed by atoms with Crippen LogP contribution in [-0.4, -0.2) is 116 Å².